The maximum Gasteiger partial charge on any atom is 0.271 e. The number of anilines is 1. The number of nitrogens with one attached hydrogen (secondary N) is 2. The number of nitro groups is 1. The second-order valence-corrected chi connectivity index (χ2v) is 5.60. The minimum Gasteiger partial charge on any atom is -0.324 e. The Hall–Kier alpha value is -1.70. The summed E-state index contributed by atoms with van der Waals surface area (Å²) in [5.41, 5.74) is 0.423. The number of amides is 1. The maximum atomic E-state index is 12.3. The second kappa shape index (κ2) is 8.81. The molecule has 23 heavy (non-hydrogen) atoms. The van der Waals surface area contributed by atoms with Gasteiger partial charge in [-0.05, 0) is 39.4 Å². The van der Waals surface area contributed by atoms with Crippen molar-refractivity contribution in [1.29, 1.82) is 0 Å². The summed E-state index contributed by atoms with van der Waals surface area (Å²) in [6.07, 6.45) is 2.17. The lowest BCUT2D eigenvalue weighted by Crippen LogP contribution is -2.51. The van der Waals surface area contributed by atoms with Gasteiger partial charge in [-0.3, -0.25) is 19.8 Å². The molecule has 1 saturated heterocycles. The van der Waals surface area contributed by atoms with E-state index >= 15 is 0 Å². The number of rotatable bonds is 5. The lowest BCUT2D eigenvalue weighted by Gasteiger charge is -2.35. The average Bonchev–Trinajstić information content (AvgIpc) is 2.54. The summed E-state index contributed by atoms with van der Waals surface area (Å²) >= 11 is 0. The van der Waals surface area contributed by atoms with E-state index in [2.05, 4.69) is 15.5 Å². The van der Waals surface area contributed by atoms with Crippen molar-refractivity contribution in [1.82, 2.24) is 10.2 Å². The highest BCUT2D eigenvalue weighted by Crippen LogP contribution is 2.18. The Labute approximate surface area is 142 Å². The number of nitro benzene ring substituents is 1. The van der Waals surface area contributed by atoms with Crippen LogP contribution in [0.15, 0.2) is 24.3 Å². The van der Waals surface area contributed by atoms with Crippen molar-refractivity contribution in [2.45, 2.75) is 31.8 Å². The zero-order chi connectivity index (χ0) is 16.1. The van der Waals surface area contributed by atoms with Gasteiger partial charge in [-0.15, -0.1) is 12.4 Å². The molecule has 2 unspecified atom stereocenters. The number of nitrogens with zero attached hydrogens (tertiary/aromatic N) is 2. The van der Waals surface area contributed by atoms with Crippen LogP contribution in [-0.4, -0.2) is 48.0 Å². The minimum atomic E-state index is -0.471. The standard InChI is InChI=1S/C15H22N4O3.ClH/c1-11(18-8-4-6-13(10-18)16-2)15(20)17-12-5-3-7-14(9-12)19(21)22;/h3,5,7,9,11,13,16H,4,6,8,10H2,1-2H3,(H,17,20);1H. The molecule has 7 nitrogen and oxygen atoms in total. The molecule has 2 N–H and O–H groups in total. The summed E-state index contributed by atoms with van der Waals surface area (Å²) in [7, 11) is 1.93. The van der Waals surface area contributed by atoms with Gasteiger partial charge < -0.3 is 10.6 Å². The molecule has 0 bridgehead atoms. The quantitative estimate of drug-likeness (QED) is 0.631. The van der Waals surface area contributed by atoms with Crippen LogP contribution in [0.1, 0.15) is 19.8 Å². The Morgan fingerprint density at radius 2 is 2.22 bits per heavy atom. The van der Waals surface area contributed by atoms with E-state index in [1.165, 1.54) is 12.1 Å². The topological polar surface area (TPSA) is 87.5 Å². The van der Waals surface area contributed by atoms with Gasteiger partial charge in [0.15, 0.2) is 0 Å². The molecule has 1 amide bonds. The van der Waals surface area contributed by atoms with E-state index < -0.39 is 4.92 Å². The molecule has 0 aromatic heterocycles. The molecule has 0 saturated carbocycles. The predicted molar refractivity (Wildman–Crippen MR) is 92.1 cm³/mol. The van der Waals surface area contributed by atoms with Crippen molar-refractivity contribution in [3.05, 3.63) is 34.4 Å². The Morgan fingerprint density at radius 1 is 1.48 bits per heavy atom. The van der Waals surface area contributed by atoms with Crippen molar-refractivity contribution in [2.75, 3.05) is 25.5 Å². The number of benzene rings is 1. The van der Waals surface area contributed by atoms with Crippen molar-refractivity contribution >= 4 is 29.7 Å². The molecule has 1 aromatic carbocycles. The number of piperidine rings is 1. The number of carbonyl (C=O) groups excluding carboxylic acids is 1. The van der Waals surface area contributed by atoms with E-state index in [1.807, 2.05) is 14.0 Å². The first-order valence-electron chi connectivity index (χ1n) is 7.48. The number of hydrogen-bond acceptors (Lipinski definition) is 5. The zero-order valence-corrected chi connectivity index (χ0v) is 14.1. The van der Waals surface area contributed by atoms with E-state index in [1.54, 1.807) is 12.1 Å². The van der Waals surface area contributed by atoms with Gasteiger partial charge in [0.1, 0.15) is 0 Å². The van der Waals surface area contributed by atoms with Crippen molar-refractivity contribution < 1.29 is 9.72 Å². The van der Waals surface area contributed by atoms with E-state index in [-0.39, 0.29) is 30.0 Å². The molecule has 1 aliphatic rings. The largest absolute Gasteiger partial charge is 0.324 e. The fourth-order valence-electron chi connectivity index (χ4n) is 2.70. The zero-order valence-electron chi connectivity index (χ0n) is 13.3. The van der Waals surface area contributed by atoms with E-state index in [0.29, 0.717) is 11.7 Å². The molecular formula is C15H23ClN4O3. The molecule has 1 aromatic rings. The van der Waals surface area contributed by atoms with Gasteiger partial charge in [-0.2, -0.15) is 0 Å². The third-order valence-corrected chi connectivity index (χ3v) is 4.11. The summed E-state index contributed by atoms with van der Waals surface area (Å²) < 4.78 is 0. The molecule has 0 radical (unpaired) electrons. The van der Waals surface area contributed by atoms with Crippen LogP contribution in [-0.2, 0) is 4.79 Å². The molecule has 0 aliphatic carbocycles. The third kappa shape index (κ3) is 5.16. The molecule has 1 heterocycles. The van der Waals surface area contributed by atoms with Gasteiger partial charge in [0.2, 0.25) is 5.91 Å². The van der Waals surface area contributed by atoms with E-state index in [4.69, 9.17) is 0 Å². The van der Waals surface area contributed by atoms with Crippen LogP contribution in [0.25, 0.3) is 0 Å². The molecule has 2 rings (SSSR count). The Bertz CT molecular complexity index is 555. The molecule has 0 spiro atoms. The average molecular weight is 343 g/mol. The number of likely N-dealkylation sites (N-methyl/N-ethyl adjacent to an activating group) is 1. The predicted octanol–water partition coefficient (Wildman–Crippen LogP) is 2.03. The molecule has 1 fully saturated rings. The van der Waals surface area contributed by atoms with Crippen LogP contribution >= 0.6 is 12.4 Å². The molecule has 1 aliphatic heterocycles. The number of likely N-dealkylation sites (tertiary alicyclic amines) is 1. The highest BCUT2D eigenvalue weighted by Gasteiger charge is 2.26. The third-order valence-electron chi connectivity index (χ3n) is 4.11. The first kappa shape index (κ1) is 19.3. The maximum absolute atomic E-state index is 12.3. The lowest BCUT2D eigenvalue weighted by atomic mass is 10.0. The summed E-state index contributed by atoms with van der Waals surface area (Å²) in [6, 6.07) is 6.14. The Morgan fingerprint density at radius 3 is 2.87 bits per heavy atom. The van der Waals surface area contributed by atoms with Crippen LogP contribution < -0.4 is 10.6 Å². The molecule has 8 heteroatoms. The van der Waals surface area contributed by atoms with Gasteiger partial charge in [0, 0.05) is 30.4 Å². The van der Waals surface area contributed by atoms with Crippen LogP contribution in [0.2, 0.25) is 0 Å². The monoisotopic (exact) mass is 342 g/mol. The number of halogens is 1. The van der Waals surface area contributed by atoms with Gasteiger partial charge in [0.05, 0.1) is 11.0 Å². The summed E-state index contributed by atoms with van der Waals surface area (Å²) in [5.74, 6) is -0.141. The van der Waals surface area contributed by atoms with Crippen LogP contribution in [0, 0.1) is 10.1 Å². The van der Waals surface area contributed by atoms with Gasteiger partial charge in [0.25, 0.3) is 5.69 Å². The second-order valence-electron chi connectivity index (χ2n) is 5.60. The normalized spacial score (nSPS) is 19.5. The van der Waals surface area contributed by atoms with Gasteiger partial charge in [-0.25, -0.2) is 0 Å². The minimum absolute atomic E-state index is 0. The number of hydrogen-bond donors (Lipinski definition) is 2. The fourth-order valence-corrected chi connectivity index (χ4v) is 2.70. The van der Waals surface area contributed by atoms with Crippen LogP contribution in [0.4, 0.5) is 11.4 Å². The molecule has 128 valence electrons. The summed E-state index contributed by atoms with van der Waals surface area (Å²) in [5, 5.41) is 16.8. The van der Waals surface area contributed by atoms with Crippen LogP contribution in [0.3, 0.4) is 0 Å². The van der Waals surface area contributed by atoms with Crippen LogP contribution in [0.5, 0.6) is 0 Å². The Kier molecular flexibility index (Phi) is 7.41. The smallest absolute Gasteiger partial charge is 0.271 e. The lowest BCUT2D eigenvalue weighted by molar-refractivity contribution is -0.384. The molecule has 2 atom stereocenters. The number of carbonyl (C=O) groups is 1. The highest BCUT2D eigenvalue weighted by molar-refractivity contribution is 5.94. The van der Waals surface area contributed by atoms with Crippen molar-refractivity contribution in [3.63, 3.8) is 0 Å². The summed E-state index contributed by atoms with van der Waals surface area (Å²) in [6.45, 7) is 3.59. The number of non-ortho nitro benzene ring substituents is 1. The molecular weight excluding hydrogens is 320 g/mol. The van der Waals surface area contributed by atoms with Crippen molar-refractivity contribution in [3.8, 4) is 0 Å². The van der Waals surface area contributed by atoms with E-state index in [9.17, 15) is 14.9 Å². The van der Waals surface area contributed by atoms with Gasteiger partial charge >= 0.3 is 0 Å². The van der Waals surface area contributed by atoms with Crippen molar-refractivity contribution in [2.24, 2.45) is 0 Å². The fraction of sp³-hybridized carbons (Fsp3) is 0.533. The first-order valence-corrected chi connectivity index (χ1v) is 7.48. The first-order chi connectivity index (χ1) is 10.5. The van der Waals surface area contributed by atoms with Gasteiger partial charge in [-0.1, -0.05) is 6.07 Å². The van der Waals surface area contributed by atoms with E-state index in [0.717, 1.165) is 25.9 Å². The summed E-state index contributed by atoms with van der Waals surface area (Å²) in [4.78, 5) is 24.8. The SMILES string of the molecule is CNC1CCCN(C(C)C(=O)Nc2cccc([N+](=O)[O-])c2)C1.Cl. The Balaban J connectivity index is 0.00000264. The highest BCUT2D eigenvalue weighted by atomic mass is 35.5.